The highest BCUT2D eigenvalue weighted by atomic mass is 79.9. The van der Waals surface area contributed by atoms with Crippen LogP contribution in [0.2, 0.25) is 0 Å². The fourth-order valence-corrected chi connectivity index (χ4v) is 11.5. The molecule has 0 saturated carbocycles. The lowest BCUT2D eigenvalue weighted by Crippen LogP contribution is -2.29. The molecule has 11 heteroatoms. The van der Waals surface area contributed by atoms with E-state index in [0.717, 1.165) is 58.9 Å². The smallest absolute Gasteiger partial charge is 0.423 e. The number of unbranched alkanes of at least 4 members (excludes halogenated alkanes) is 12. The topological polar surface area (TPSA) is 40.5 Å². The number of benzene rings is 10. The van der Waals surface area contributed by atoms with Crippen molar-refractivity contribution in [3.8, 4) is 55.6 Å². The van der Waals surface area contributed by atoms with Gasteiger partial charge in [-0.1, -0.05) is 260 Å². The quantitative estimate of drug-likeness (QED) is 0.0322. The minimum atomic E-state index is -1.53. The number of aryl methyl sites for hydroxylation is 4. The van der Waals surface area contributed by atoms with Crippen molar-refractivity contribution in [3.63, 3.8) is 0 Å². The summed E-state index contributed by atoms with van der Waals surface area (Å²) in [7, 11) is -1.53. The molecule has 0 heterocycles. The predicted octanol–water partition coefficient (Wildman–Crippen LogP) is 22.5. The van der Waals surface area contributed by atoms with E-state index in [2.05, 4.69) is 129 Å². The van der Waals surface area contributed by atoms with Gasteiger partial charge in [0.05, 0.1) is 0 Å². The Hall–Kier alpha value is -7.28. The molecule has 0 bridgehead atoms. The van der Waals surface area contributed by atoms with Crippen LogP contribution in [0.3, 0.4) is 0 Å². The lowest BCUT2D eigenvalue weighted by molar-refractivity contribution is 0.426. The van der Waals surface area contributed by atoms with Gasteiger partial charge in [-0.3, -0.25) is 0 Å². The summed E-state index contributed by atoms with van der Waals surface area (Å²) < 4.78 is 82.0. The van der Waals surface area contributed by atoms with Gasteiger partial charge in [0.25, 0.3) is 0 Å². The van der Waals surface area contributed by atoms with Gasteiger partial charge in [0.15, 0.2) is 34.9 Å². The Morgan fingerprint density at radius 1 is 0.236 bits per heavy atom. The van der Waals surface area contributed by atoms with Crippen molar-refractivity contribution in [1.82, 2.24) is 0 Å². The Kier molecular flexibility index (Phi) is 27.2. The van der Waals surface area contributed by atoms with Crippen LogP contribution in [0.15, 0.2) is 233 Å². The molecule has 0 aliphatic heterocycles. The van der Waals surface area contributed by atoms with Gasteiger partial charge >= 0.3 is 7.12 Å². The molecule has 10 aromatic carbocycles. The monoisotopic (exact) mass is 1330 g/mol. The first-order valence-electron chi connectivity index (χ1n) is 30.9. The van der Waals surface area contributed by atoms with E-state index in [0.29, 0.717) is 27.7 Å². The summed E-state index contributed by atoms with van der Waals surface area (Å²) in [5.74, 6) is -5.13. The van der Waals surface area contributed by atoms with E-state index >= 15 is 0 Å². The van der Waals surface area contributed by atoms with Crippen molar-refractivity contribution >= 4 is 44.4 Å². The van der Waals surface area contributed by atoms with E-state index in [1.54, 1.807) is 24.3 Å². The van der Waals surface area contributed by atoms with E-state index < -0.39 is 42.0 Å². The lowest BCUT2D eigenvalue weighted by atomic mass is 9.80. The Labute approximate surface area is 539 Å². The largest absolute Gasteiger partial charge is 0.488 e. The third-order valence-electron chi connectivity index (χ3n) is 15.9. The molecule has 89 heavy (non-hydrogen) atoms. The highest BCUT2D eigenvalue weighted by Gasteiger charge is 2.12. The first-order chi connectivity index (χ1) is 43.2. The molecule has 0 radical (unpaired) electrons. The lowest BCUT2D eigenvalue weighted by Gasteiger charge is -2.08. The van der Waals surface area contributed by atoms with Gasteiger partial charge in [0, 0.05) is 8.95 Å². The summed E-state index contributed by atoms with van der Waals surface area (Å²) in [5.41, 5.74) is 14.7. The van der Waals surface area contributed by atoms with E-state index in [-0.39, 0.29) is 0 Å². The molecule has 10 rings (SSSR count). The van der Waals surface area contributed by atoms with E-state index in [1.807, 2.05) is 48.5 Å². The van der Waals surface area contributed by atoms with Gasteiger partial charge in [-0.25, -0.2) is 26.3 Å². The van der Waals surface area contributed by atoms with Crippen LogP contribution in [-0.2, 0) is 25.7 Å². The summed E-state index contributed by atoms with van der Waals surface area (Å²) in [6, 6.07) is 68.6. The molecule has 0 aromatic heterocycles. The van der Waals surface area contributed by atoms with Crippen LogP contribution in [0, 0.1) is 34.9 Å². The Bertz CT molecular complexity index is 3750. The van der Waals surface area contributed by atoms with Gasteiger partial charge in [-0.2, -0.15) is 0 Å². The zero-order chi connectivity index (χ0) is 62.7. The average molecular weight is 1330 g/mol. The van der Waals surface area contributed by atoms with Crippen LogP contribution in [-0.4, -0.2) is 17.2 Å². The van der Waals surface area contributed by atoms with Crippen LogP contribution in [0.25, 0.3) is 55.6 Å². The number of rotatable bonds is 26. The van der Waals surface area contributed by atoms with Crippen LogP contribution in [0.4, 0.5) is 26.3 Å². The maximum Gasteiger partial charge on any atom is 0.488 e. The summed E-state index contributed by atoms with van der Waals surface area (Å²) >= 11 is 7.02. The fourth-order valence-electron chi connectivity index (χ4n) is 10.8. The second-order valence-corrected chi connectivity index (χ2v) is 24.5. The van der Waals surface area contributed by atoms with Crippen LogP contribution >= 0.6 is 31.9 Å². The zero-order valence-electron chi connectivity index (χ0n) is 50.1. The van der Waals surface area contributed by atoms with Crippen LogP contribution in [0.5, 0.6) is 0 Å². The molecule has 2 N–H and O–H groups in total. The van der Waals surface area contributed by atoms with Crippen molar-refractivity contribution < 1.29 is 36.4 Å². The normalized spacial score (nSPS) is 10.9. The highest BCUT2D eigenvalue weighted by Crippen LogP contribution is 2.30. The Morgan fingerprint density at radius 2 is 0.517 bits per heavy atom. The first kappa shape index (κ1) is 67.7. The predicted molar refractivity (Wildman–Crippen MR) is 364 cm³/mol. The van der Waals surface area contributed by atoms with Crippen molar-refractivity contribution in [1.29, 1.82) is 0 Å². The number of hydrogen-bond acceptors (Lipinski definition) is 2. The van der Waals surface area contributed by atoms with E-state index in [4.69, 9.17) is 10.0 Å². The molecular weight excluding hydrogens is 1250 g/mol. The van der Waals surface area contributed by atoms with Gasteiger partial charge in [-0.15, -0.1) is 0 Å². The number of hydrogen-bond donors (Lipinski definition) is 2. The summed E-state index contributed by atoms with van der Waals surface area (Å²) in [4.78, 5) is 0. The molecule has 458 valence electrons. The minimum Gasteiger partial charge on any atom is -0.423 e. The molecule has 0 fully saturated rings. The summed E-state index contributed by atoms with van der Waals surface area (Å²) in [5, 5.41) is 17.8. The van der Waals surface area contributed by atoms with Crippen molar-refractivity contribution in [2.24, 2.45) is 0 Å². The Morgan fingerprint density at radius 3 is 0.876 bits per heavy atom. The third-order valence-corrected chi connectivity index (χ3v) is 17.0. The maximum absolute atomic E-state index is 13.6. The second kappa shape index (κ2) is 35.8. The molecular formula is C78H75BBr2F6O2. The molecule has 0 spiro atoms. The van der Waals surface area contributed by atoms with Crippen molar-refractivity contribution in [2.75, 3.05) is 0 Å². The second-order valence-electron chi connectivity index (χ2n) is 22.6. The molecule has 2 nitrogen and oxygen atoms in total. The maximum atomic E-state index is 13.6. The number of halogens is 8. The van der Waals surface area contributed by atoms with Crippen LogP contribution < -0.4 is 5.46 Å². The Balaban J connectivity index is 0.000000209. The van der Waals surface area contributed by atoms with Gasteiger partial charge in [0.1, 0.15) is 0 Å². The van der Waals surface area contributed by atoms with Crippen LogP contribution in [0.1, 0.15) is 112 Å². The molecule has 0 unspecified atom stereocenters. The SMILES string of the molecule is Brc1ccc(CCCCCCCCCc2cccc(Br)c2)cc1.Fc1ccc(-c2ccc(-c3ccc(CCCCCCCCCc4cccc(-c5ccc(-c6ccc(F)c(F)c6)cc5)c4)cc3)cc2)cc1F.OB(O)c1ccc(-c2ccc(F)c(F)c2)cc1. The molecule has 0 amide bonds. The van der Waals surface area contributed by atoms with Gasteiger partial charge in [0.2, 0.25) is 0 Å². The van der Waals surface area contributed by atoms with E-state index in [1.165, 1.54) is 176 Å². The highest BCUT2D eigenvalue weighted by molar-refractivity contribution is 9.10. The van der Waals surface area contributed by atoms with E-state index in [9.17, 15) is 26.3 Å². The molecule has 0 aliphatic rings. The van der Waals surface area contributed by atoms with Crippen molar-refractivity contribution in [3.05, 3.63) is 291 Å². The minimum absolute atomic E-state index is 0.344. The summed E-state index contributed by atoms with van der Waals surface area (Å²) in [6.07, 6.45) is 22.7. The van der Waals surface area contributed by atoms with Crippen molar-refractivity contribution in [2.45, 2.75) is 116 Å². The summed E-state index contributed by atoms with van der Waals surface area (Å²) in [6.45, 7) is 0. The fraction of sp³-hybridized carbons (Fsp3) is 0.231. The standard InChI is InChI=1S/C45H40F4.C21H26Br2.C12H9BF2O2/c46-42-27-25-40(30-44(42)48)37-19-17-35(18-20-37)34-15-13-32(14-16-34)9-6-4-2-1-3-5-7-10-33-11-8-12-39(29-33)36-21-23-38(24-22-36)41-26-28-43(47)45(49)31-41;22-20-15-13-18(14-16-20)9-6-4-2-1-3-5-7-10-19-11-8-12-21(23)17-19;14-11-6-3-9(7-12(11)15)8-1-4-10(5-2-8)13(16)17/h8,11-31H,1-7,9-10H2;8,11-17H,1-7,9-10H2;1-7,16-17H. The molecule has 0 aliphatic carbocycles. The van der Waals surface area contributed by atoms with Gasteiger partial charge < -0.3 is 10.0 Å². The average Bonchev–Trinajstić information content (AvgIpc) is 3.66. The molecule has 10 aromatic rings. The third kappa shape index (κ3) is 22.3. The molecule has 0 saturated heterocycles. The zero-order valence-corrected chi connectivity index (χ0v) is 53.3. The van der Waals surface area contributed by atoms with Gasteiger partial charge in [-0.05, 0) is 195 Å². The molecule has 0 atom stereocenters. The first-order valence-corrected chi connectivity index (χ1v) is 32.5.